The molecule has 0 aliphatic rings. The molecule has 0 spiro atoms. The summed E-state index contributed by atoms with van der Waals surface area (Å²) in [6, 6.07) is 10.7. The standard InChI is InChI=1S/C15H17N3O3/c1-20-15(19)14-10-12(5-6-18-14)17-7-8-21-13-4-2-3-11(16)9-13/h2-6,9-10H,7-8,16H2,1H3,(H,17,18). The number of carbonyl (C=O) groups is 1. The van der Waals surface area contributed by atoms with Crippen LogP contribution in [0.4, 0.5) is 11.4 Å². The maximum atomic E-state index is 11.4. The molecule has 0 amide bonds. The molecule has 0 aliphatic heterocycles. The summed E-state index contributed by atoms with van der Waals surface area (Å²) in [6.45, 7) is 1.05. The van der Waals surface area contributed by atoms with Crippen molar-refractivity contribution in [2.45, 2.75) is 0 Å². The van der Waals surface area contributed by atoms with Crippen LogP contribution in [0, 0.1) is 0 Å². The van der Waals surface area contributed by atoms with Crippen LogP contribution in [0.3, 0.4) is 0 Å². The molecule has 1 aromatic heterocycles. The second kappa shape index (κ2) is 7.14. The molecule has 2 aromatic rings. The summed E-state index contributed by atoms with van der Waals surface area (Å²) in [5.74, 6) is 0.261. The Morgan fingerprint density at radius 3 is 2.95 bits per heavy atom. The summed E-state index contributed by atoms with van der Waals surface area (Å²) in [6.07, 6.45) is 1.55. The zero-order valence-corrected chi connectivity index (χ0v) is 11.7. The summed E-state index contributed by atoms with van der Waals surface area (Å²) < 4.78 is 10.2. The zero-order chi connectivity index (χ0) is 15.1. The molecule has 0 unspecified atom stereocenters. The van der Waals surface area contributed by atoms with Gasteiger partial charge in [0.15, 0.2) is 0 Å². The van der Waals surface area contributed by atoms with Crippen LogP contribution in [0.2, 0.25) is 0 Å². The van der Waals surface area contributed by atoms with E-state index in [-0.39, 0.29) is 5.69 Å². The molecule has 0 radical (unpaired) electrons. The van der Waals surface area contributed by atoms with Crippen molar-refractivity contribution in [2.75, 3.05) is 31.3 Å². The van der Waals surface area contributed by atoms with E-state index in [1.54, 1.807) is 30.5 Å². The Labute approximate surface area is 122 Å². The van der Waals surface area contributed by atoms with E-state index in [4.69, 9.17) is 10.5 Å². The van der Waals surface area contributed by atoms with Gasteiger partial charge in [-0.25, -0.2) is 9.78 Å². The number of methoxy groups -OCH3 is 1. The maximum Gasteiger partial charge on any atom is 0.356 e. The highest BCUT2D eigenvalue weighted by Crippen LogP contribution is 2.14. The Hall–Kier alpha value is -2.76. The fourth-order valence-corrected chi connectivity index (χ4v) is 1.73. The molecule has 1 heterocycles. The average molecular weight is 287 g/mol. The molecule has 0 saturated heterocycles. The van der Waals surface area contributed by atoms with Gasteiger partial charge in [-0.2, -0.15) is 0 Å². The van der Waals surface area contributed by atoms with Crippen LogP contribution in [-0.2, 0) is 4.74 Å². The van der Waals surface area contributed by atoms with Gasteiger partial charge in [0.25, 0.3) is 0 Å². The highest BCUT2D eigenvalue weighted by Gasteiger charge is 2.06. The molecule has 0 saturated carbocycles. The second-order valence-corrected chi connectivity index (χ2v) is 4.27. The van der Waals surface area contributed by atoms with Gasteiger partial charge in [-0.3, -0.25) is 0 Å². The Kier molecular flexibility index (Phi) is 4.98. The molecule has 0 aliphatic carbocycles. The summed E-state index contributed by atoms with van der Waals surface area (Å²) in [5, 5.41) is 3.14. The first-order chi connectivity index (χ1) is 10.2. The quantitative estimate of drug-likeness (QED) is 0.480. The first-order valence-corrected chi connectivity index (χ1v) is 6.45. The number of hydrogen-bond donors (Lipinski definition) is 2. The number of esters is 1. The molecule has 3 N–H and O–H groups in total. The van der Waals surface area contributed by atoms with E-state index in [2.05, 4.69) is 15.0 Å². The minimum atomic E-state index is -0.463. The van der Waals surface area contributed by atoms with Crippen molar-refractivity contribution in [3.63, 3.8) is 0 Å². The van der Waals surface area contributed by atoms with Gasteiger partial charge >= 0.3 is 5.97 Å². The number of anilines is 2. The summed E-state index contributed by atoms with van der Waals surface area (Å²) in [7, 11) is 1.32. The lowest BCUT2D eigenvalue weighted by molar-refractivity contribution is 0.0594. The number of rotatable bonds is 6. The number of benzene rings is 1. The van der Waals surface area contributed by atoms with Gasteiger partial charge in [0.1, 0.15) is 18.1 Å². The third kappa shape index (κ3) is 4.38. The van der Waals surface area contributed by atoms with Crippen molar-refractivity contribution in [3.05, 3.63) is 48.3 Å². The minimum Gasteiger partial charge on any atom is -0.492 e. The topological polar surface area (TPSA) is 86.5 Å². The van der Waals surface area contributed by atoms with Crippen molar-refractivity contribution >= 4 is 17.3 Å². The largest absolute Gasteiger partial charge is 0.492 e. The van der Waals surface area contributed by atoms with Gasteiger partial charge < -0.3 is 20.5 Å². The van der Waals surface area contributed by atoms with Crippen molar-refractivity contribution < 1.29 is 14.3 Å². The van der Waals surface area contributed by atoms with Crippen LogP contribution in [0.1, 0.15) is 10.5 Å². The molecular weight excluding hydrogens is 270 g/mol. The normalized spacial score (nSPS) is 9.95. The molecular formula is C15H17N3O3. The number of nitrogens with two attached hydrogens (primary N) is 1. The Morgan fingerprint density at radius 1 is 1.33 bits per heavy atom. The molecule has 6 heteroatoms. The Bertz CT molecular complexity index is 617. The fraction of sp³-hybridized carbons (Fsp3) is 0.200. The SMILES string of the molecule is COC(=O)c1cc(NCCOc2cccc(N)c2)ccn1. The average Bonchev–Trinajstić information content (AvgIpc) is 2.51. The predicted molar refractivity (Wildman–Crippen MR) is 80.4 cm³/mol. The van der Waals surface area contributed by atoms with Crippen molar-refractivity contribution in [1.82, 2.24) is 4.98 Å². The predicted octanol–water partition coefficient (Wildman–Crippen LogP) is 1.94. The third-order valence-electron chi connectivity index (χ3n) is 2.71. The number of nitrogens with one attached hydrogen (secondary N) is 1. The zero-order valence-electron chi connectivity index (χ0n) is 11.7. The van der Waals surface area contributed by atoms with Gasteiger partial charge in [0, 0.05) is 30.2 Å². The molecule has 0 atom stereocenters. The van der Waals surface area contributed by atoms with Gasteiger partial charge in [-0.1, -0.05) is 6.07 Å². The first-order valence-electron chi connectivity index (χ1n) is 6.45. The van der Waals surface area contributed by atoms with Crippen LogP contribution in [0.25, 0.3) is 0 Å². The third-order valence-corrected chi connectivity index (χ3v) is 2.71. The van der Waals surface area contributed by atoms with E-state index >= 15 is 0 Å². The lowest BCUT2D eigenvalue weighted by Crippen LogP contribution is -2.12. The lowest BCUT2D eigenvalue weighted by atomic mass is 10.3. The van der Waals surface area contributed by atoms with Crippen LogP contribution in [0.5, 0.6) is 5.75 Å². The maximum absolute atomic E-state index is 11.4. The number of hydrogen-bond acceptors (Lipinski definition) is 6. The highest BCUT2D eigenvalue weighted by atomic mass is 16.5. The van der Waals surface area contributed by atoms with Gasteiger partial charge in [0.2, 0.25) is 0 Å². The van der Waals surface area contributed by atoms with Crippen molar-refractivity contribution in [2.24, 2.45) is 0 Å². The van der Waals surface area contributed by atoms with Gasteiger partial charge in [-0.15, -0.1) is 0 Å². The summed E-state index contributed by atoms with van der Waals surface area (Å²) >= 11 is 0. The number of nitrogen functional groups attached to an aromatic ring is 1. The van der Waals surface area contributed by atoms with Gasteiger partial charge in [-0.05, 0) is 24.3 Å². The van der Waals surface area contributed by atoms with Crippen molar-refractivity contribution in [1.29, 1.82) is 0 Å². The van der Waals surface area contributed by atoms with Crippen LogP contribution in [-0.4, -0.2) is 31.2 Å². The Balaban J connectivity index is 1.82. The molecule has 110 valence electrons. The fourth-order valence-electron chi connectivity index (χ4n) is 1.73. The smallest absolute Gasteiger partial charge is 0.356 e. The molecule has 2 rings (SSSR count). The first kappa shape index (κ1) is 14.6. The van der Waals surface area contributed by atoms with E-state index in [9.17, 15) is 4.79 Å². The Morgan fingerprint density at radius 2 is 2.19 bits per heavy atom. The number of carbonyl (C=O) groups excluding carboxylic acids is 1. The van der Waals surface area contributed by atoms with Gasteiger partial charge in [0.05, 0.1) is 7.11 Å². The van der Waals surface area contributed by atoms with E-state index in [0.29, 0.717) is 18.8 Å². The molecule has 0 bridgehead atoms. The van der Waals surface area contributed by atoms with E-state index in [1.165, 1.54) is 7.11 Å². The highest BCUT2D eigenvalue weighted by molar-refractivity contribution is 5.88. The van der Waals surface area contributed by atoms with Crippen LogP contribution < -0.4 is 15.8 Å². The van der Waals surface area contributed by atoms with Crippen LogP contribution in [0.15, 0.2) is 42.6 Å². The van der Waals surface area contributed by atoms with Crippen LogP contribution >= 0.6 is 0 Å². The minimum absolute atomic E-state index is 0.263. The van der Waals surface area contributed by atoms with E-state index in [0.717, 1.165) is 11.4 Å². The number of aromatic nitrogens is 1. The van der Waals surface area contributed by atoms with Crippen molar-refractivity contribution in [3.8, 4) is 5.75 Å². The lowest BCUT2D eigenvalue weighted by Gasteiger charge is -2.09. The molecule has 21 heavy (non-hydrogen) atoms. The molecule has 6 nitrogen and oxygen atoms in total. The summed E-state index contributed by atoms with van der Waals surface area (Å²) in [4.78, 5) is 15.3. The number of nitrogens with zero attached hydrogens (tertiary/aromatic N) is 1. The van der Waals surface area contributed by atoms with E-state index in [1.807, 2.05) is 12.1 Å². The molecule has 0 fully saturated rings. The molecule has 1 aromatic carbocycles. The van der Waals surface area contributed by atoms with E-state index < -0.39 is 5.97 Å². The monoisotopic (exact) mass is 287 g/mol. The number of pyridine rings is 1. The number of ether oxygens (including phenoxy) is 2. The summed E-state index contributed by atoms with van der Waals surface area (Å²) in [5.41, 5.74) is 7.37. The second-order valence-electron chi connectivity index (χ2n) is 4.27.